The van der Waals surface area contributed by atoms with Crippen molar-refractivity contribution in [1.82, 2.24) is 31.1 Å². The number of hydrogen-bond donors (Lipinski definition) is 4. The van der Waals surface area contributed by atoms with E-state index in [0.29, 0.717) is 30.0 Å². The molecule has 0 aliphatic heterocycles. The van der Waals surface area contributed by atoms with Crippen molar-refractivity contribution < 1.29 is 13.9 Å². The lowest BCUT2D eigenvalue weighted by molar-refractivity contribution is 0.0490. The van der Waals surface area contributed by atoms with E-state index in [1.165, 1.54) is 0 Å². The van der Waals surface area contributed by atoms with Crippen LogP contribution in [0.3, 0.4) is 0 Å². The average Bonchev–Trinajstić information content (AvgIpc) is 3.38. The van der Waals surface area contributed by atoms with Crippen molar-refractivity contribution in [3.05, 3.63) is 24.2 Å². The molecule has 4 N–H and O–H groups in total. The smallest absolute Gasteiger partial charge is 0.407 e. The summed E-state index contributed by atoms with van der Waals surface area (Å²) in [5.41, 5.74) is -0.484. The average molecular weight is 559 g/mol. The quantitative estimate of drug-likeness (QED) is 0.242. The van der Waals surface area contributed by atoms with Gasteiger partial charge in [0.05, 0.1) is 6.26 Å². The zero-order valence-electron chi connectivity index (χ0n) is 19.1. The van der Waals surface area contributed by atoms with E-state index >= 15 is 0 Å². The summed E-state index contributed by atoms with van der Waals surface area (Å²) in [6, 6.07) is 4.05. The molecule has 1 aliphatic carbocycles. The van der Waals surface area contributed by atoms with Crippen LogP contribution in [0.5, 0.6) is 0 Å². The van der Waals surface area contributed by atoms with Crippen LogP contribution in [0.4, 0.5) is 4.79 Å². The molecule has 0 radical (unpaired) electrons. The van der Waals surface area contributed by atoms with Gasteiger partial charge in [0.1, 0.15) is 18.0 Å². The lowest BCUT2D eigenvalue weighted by Crippen LogP contribution is -2.48. The Labute approximate surface area is 205 Å². The molecule has 32 heavy (non-hydrogen) atoms. The molecule has 0 aromatic carbocycles. The van der Waals surface area contributed by atoms with Gasteiger partial charge in [-0.3, -0.25) is 5.10 Å². The van der Waals surface area contributed by atoms with Gasteiger partial charge in [0.2, 0.25) is 5.82 Å². The van der Waals surface area contributed by atoms with Gasteiger partial charge in [-0.15, -0.1) is 29.1 Å². The van der Waals surface area contributed by atoms with Crippen LogP contribution in [0.1, 0.15) is 59.2 Å². The molecule has 1 saturated carbocycles. The third-order valence-electron chi connectivity index (χ3n) is 4.79. The molecular formula is C21H34IN7O3. The van der Waals surface area contributed by atoms with Crippen LogP contribution in [0.2, 0.25) is 0 Å². The van der Waals surface area contributed by atoms with Crippen LogP contribution in [-0.2, 0) is 11.3 Å². The number of aromatic nitrogens is 3. The number of nitrogens with zero attached hydrogens (tertiary/aromatic N) is 3. The lowest BCUT2D eigenvalue weighted by atomic mass is 9.91. The van der Waals surface area contributed by atoms with E-state index in [9.17, 15) is 4.79 Å². The first kappa shape index (κ1) is 25.9. The van der Waals surface area contributed by atoms with Crippen LogP contribution in [0, 0.1) is 0 Å². The highest BCUT2D eigenvalue weighted by atomic mass is 127. The van der Waals surface area contributed by atoms with Crippen LogP contribution in [0.25, 0.3) is 11.6 Å². The van der Waals surface area contributed by atoms with Gasteiger partial charge >= 0.3 is 6.09 Å². The number of nitrogens with one attached hydrogen (secondary N) is 4. The number of aromatic amines is 1. The number of alkyl carbamates (subject to hydrolysis) is 1. The number of amides is 1. The largest absolute Gasteiger partial charge is 0.461 e. The van der Waals surface area contributed by atoms with E-state index in [1.54, 1.807) is 12.3 Å². The zero-order chi connectivity index (χ0) is 22.3. The molecule has 0 unspecified atom stereocenters. The van der Waals surface area contributed by atoms with Crippen molar-refractivity contribution in [2.75, 3.05) is 6.54 Å². The minimum atomic E-state index is -0.484. The van der Waals surface area contributed by atoms with Gasteiger partial charge in [-0.25, -0.2) is 14.8 Å². The number of carbonyl (C=O) groups is 1. The molecule has 0 atom stereocenters. The SMILES string of the molecule is CCNC(=NCc1nc(-c2ccco2)n[nH]1)NC1CCC(NC(=O)OC(C)(C)C)CC1.I. The number of guanidine groups is 1. The van der Waals surface area contributed by atoms with E-state index in [4.69, 9.17) is 9.15 Å². The second-order valence-corrected chi connectivity index (χ2v) is 8.62. The summed E-state index contributed by atoms with van der Waals surface area (Å²) < 4.78 is 10.7. The Balaban J connectivity index is 0.00000363. The molecule has 0 bridgehead atoms. The lowest BCUT2D eigenvalue weighted by Gasteiger charge is -2.31. The second-order valence-electron chi connectivity index (χ2n) is 8.62. The normalized spacial score (nSPS) is 19.1. The fraction of sp³-hybridized carbons (Fsp3) is 0.619. The van der Waals surface area contributed by atoms with E-state index < -0.39 is 5.60 Å². The summed E-state index contributed by atoms with van der Waals surface area (Å²) in [6.45, 7) is 8.76. The Kier molecular flexibility index (Phi) is 9.79. The fourth-order valence-corrected chi connectivity index (χ4v) is 3.41. The van der Waals surface area contributed by atoms with Crippen molar-refractivity contribution in [3.8, 4) is 11.6 Å². The molecular weight excluding hydrogens is 525 g/mol. The van der Waals surface area contributed by atoms with E-state index in [-0.39, 0.29) is 36.1 Å². The molecule has 1 amide bonds. The third kappa shape index (κ3) is 8.32. The molecule has 0 spiro atoms. The first-order chi connectivity index (χ1) is 14.8. The Hall–Kier alpha value is -2.31. The molecule has 3 rings (SSSR count). The first-order valence-electron chi connectivity index (χ1n) is 10.8. The van der Waals surface area contributed by atoms with E-state index in [2.05, 4.69) is 36.1 Å². The number of halogens is 1. The molecule has 1 fully saturated rings. The van der Waals surface area contributed by atoms with Crippen LogP contribution in [0.15, 0.2) is 27.8 Å². The maximum atomic E-state index is 12.0. The van der Waals surface area contributed by atoms with Gasteiger partial charge in [-0.05, 0) is 65.5 Å². The van der Waals surface area contributed by atoms with Gasteiger partial charge in [0, 0.05) is 18.6 Å². The summed E-state index contributed by atoms with van der Waals surface area (Å²) in [5.74, 6) is 2.54. The Morgan fingerprint density at radius 3 is 2.53 bits per heavy atom. The zero-order valence-corrected chi connectivity index (χ0v) is 21.4. The first-order valence-corrected chi connectivity index (χ1v) is 10.8. The summed E-state index contributed by atoms with van der Waals surface area (Å²) in [5, 5.41) is 16.8. The predicted molar refractivity (Wildman–Crippen MR) is 133 cm³/mol. The number of carbonyl (C=O) groups excluding carboxylic acids is 1. The molecule has 2 aromatic heterocycles. The predicted octanol–water partition coefficient (Wildman–Crippen LogP) is 3.57. The second kappa shape index (κ2) is 12.1. The summed E-state index contributed by atoms with van der Waals surface area (Å²) in [6.07, 6.45) is 4.91. The number of hydrogen-bond acceptors (Lipinski definition) is 6. The molecule has 11 heteroatoms. The van der Waals surface area contributed by atoms with E-state index in [1.807, 2.05) is 33.8 Å². The topological polar surface area (TPSA) is 129 Å². The van der Waals surface area contributed by atoms with Crippen molar-refractivity contribution in [2.24, 2.45) is 4.99 Å². The van der Waals surface area contributed by atoms with Crippen molar-refractivity contribution in [3.63, 3.8) is 0 Å². The third-order valence-corrected chi connectivity index (χ3v) is 4.79. The van der Waals surface area contributed by atoms with Gasteiger partial charge in [-0.2, -0.15) is 0 Å². The Morgan fingerprint density at radius 1 is 1.25 bits per heavy atom. The molecule has 178 valence electrons. The number of furan rings is 1. The van der Waals surface area contributed by atoms with E-state index in [0.717, 1.165) is 38.2 Å². The maximum Gasteiger partial charge on any atom is 0.407 e. The van der Waals surface area contributed by atoms with Crippen molar-refractivity contribution >= 4 is 36.0 Å². The van der Waals surface area contributed by atoms with Crippen LogP contribution >= 0.6 is 24.0 Å². The molecule has 10 nitrogen and oxygen atoms in total. The summed E-state index contributed by atoms with van der Waals surface area (Å²) >= 11 is 0. The van der Waals surface area contributed by atoms with Gasteiger partial charge in [0.15, 0.2) is 11.7 Å². The van der Waals surface area contributed by atoms with Gasteiger partial charge in [0.25, 0.3) is 0 Å². The summed E-state index contributed by atoms with van der Waals surface area (Å²) in [7, 11) is 0. The Bertz CT molecular complexity index is 853. The van der Waals surface area contributed by atoms with Crippen LogP contribution in [-0.4, -0.2) is 51.5 Å². The highest BCUT2D eigenvalue weighted by molar-refractivity contribution is 14.0. The molecule has 2 heterocycles. The standard InChI is InChI=1S/C21H33N7O3.HI/c1-5-22-19(23-13-17-26-18(28-27-17)16-7-6-12-30-16)24-14-8-10-15(11-9-14)25-20(29)31-21(2,3)4;/h6-7,12,14-15H,5,8-11,13H2,1-4H3,(H,25,29)(H2,22,23,24)(H,26,27,28);1H. The number of rotatable bonds is 6. The molecule has 2 aromatic rings. The monoisotopic (exact) mass is 559 g/mol. The highest BCUT2D eigenvalue weighted by Crippen LogP contribution is 2.19. The maximum absolute atomic E-state index is 12.0. The number of H-pyrrole nitrogens is 1. The highest BCUT2D eigenvalue weighted by Gasteiger charge is 2.25. The molecule has 1 aliphatic rings. The van der Waals surface area contributed by atoms with Crippen molar-refractivity contribution in [2.45, 2.75) is 77.6 Å². The van der Waals surface area contributed by atoms with Crippen LogP contribution < -0.4 is 16.0 Å². The van der Waals surface area contributed by atoms with Crippen molar-refractivity contribution in [1.29, 1.82) is 0 Å². The molecule has 0 saturated heterocycles. The Morgan fingerprint density at radius 2 is 1.94 bits per heavy atom. The number of ether oxygens (including phenoxy) is 1. The fourth-order valence-electron chi connectivity index (χ4n) is 3.41. The van der Waals surface area contributed by atoms with Gasteiger partial charge in [-0.1, -0.05) is 0 Å². The summed E-state index contributed by atoms with van der Waals surface area (Å²) in [4.78, 5) is 21.0. The minimum absolute atomic E-state index is 0. The minimum Gasteiger partial charge on any atom is -0.461 e. The number of aliphatic imine (C=N–C) groups is 1. The van der Waals surface area contributed by atoms with Gasteiger partial charge < -0.3 is 25.1 Å².